The molecule has 472 valence electrons. The molecule has 28 heteroatoms. The number of hydrogen-bond donors (Lipinski definition) is 0. The molecule has 0 spiro atoms. The zero-order valence-corrected chi connectivity index (χ0v) is 52.9. The van der Waals surface area contributed by atoms with Gasteiger partial charge in [-0.05, 0) is 188 Å². The van der Waals surface area contributed by atoms with Gasteiger partial charge in [-0.3, -0.25) is 9.59 Å². The molecular weight excluding hydrogens is 1280 g/mol. The molecule has 2 amide bonds. The summed E-state index contributed by atoms with van der Waals surface area (Å²) in [7, 11) is -11.4. The molecule has 2 saturated heterocycles. The first-order valence-electron chi connectivity index (χ1n) is 28.0. The molecule has 16 nitrogen and oxygen atoms in total. The minimum Gasteiger partial charge on any atom is -0.456 e. The molecule has 0 N–H and O–H groups in total. The van der Waals surface area contributed by atoms with Gasteiger partial charge in [-0.15, -0.1) is 0 Å². The van der Waals surface area contributed by atoms with Gasteiger partial charge in [-0.2, -0.15) is 61.5 Å². The van der Waals surface area contributed by atoms with Crippen LogP contribution in [0.3, 0.4) is 0 Å². The number of fused-ring (bicyclic) bond motifs is 2. The number of alkyl halides is 6. The molecule has 2 fully saturated rings. The van der Waals surface area contributed by atoms with E-state index >= 15 is 0 Å². The summed E-state index contributed by atoms with van der Waals surface area (Å²) in [6, 6.07) is 19.5. The number of nitrogens with zero attached hydrogens (tertiary/aromatic N) is 6. The third-order valence-electron chi connectivity index (χ3n) is 15.6. The van der Waals surface area contributed by atoms with Crippen LogP contribution in [-0.4, -0.2) is 104 Å². The van der Waals surface area contributed by atoms with E-state index in [1.54, 1.807) is 124 Å². The molecule has 2 unspecified atom stereocenters. The van der Waals surface area contributed by atoms with Gasteiger partial charge in [0.2, 0.25) is 11.8 Å². The van der Waals surface area contributed by atoms with Crippen LogP contribution in [0.25, 0.3) is 22.3 Å². The molecule has 0 saturated carbocycles. The fraction of sp³-hybridized carbons (Fsp3) is 0.433. The molecule has 2 aromatic heterocycles. The van der Waals surface area contributed by atoms with E-state index in [1.165, 1.54) is 0 Å². The standard InChI is InChI=1S/2C30H30Cl2F3N3O5S/c1-29(2,3)43-28(40)18-9-7-17(8-10-18)20-14-23(31)21(24(32)15-20)13-19-11-12-37(27(19)39)26-6-4-5-25-22(26)16-38(36-25)44(41,42)30(33,34)35;1-29(2,3)43-28(40)18-9-7-17(8-10-18)20-14-23(31)21(24(32)15-20)13-19-11-12-37(27(19)39)25-5-4-6-26-22(25)16-36-38(26)44(41,42)30(33,34)35/h7-10,14-16,19,26H,4-6,11-13H2,1-3H3;7-10,14-16,19,25H,4-6,11-13H2,1-3H3/t19-,26?;19-,25?/m00/s1. The number of likely N-dealkylation sites (tertiary alicyclic amines) is 2. The van der Waals surface area contributed by atoms with Crippen molar-refractivity contribution in [3.05, 3.63) is 150 Å². The van der Waals surface area contributed by atoms with Gasteiger partial charge in [0.25, 0.3) is 0 Å². The van der Waals surface area contributed by atoms with Gasteiger partial charge < -0.3 is 19.3 Å². The Bertz CT molecular complexity index is 3730. The number of carbonyl (C=O) groups excluding carboxylic acids is 4. The summed E-state index contributed by atoms with van der Waals surface area (Å²) in [4.78, 5) is 55.0. The van der Waals surface area contributed by atoms with E-state index < -0.39 is 78.1 Å². The predicted molar refractivity (Wildman–Crippen MR) is 318 cm³/mol. The average Bonchev–Trinajstić information content (AvgIpc) is 1.67. The summed E-state index contributed by atoms with van der Waals surface area (Å²) in [6.45, 7) is 11.4. The summed E-state index contributed by atoms with van der Waals surface area (Å²) >= 11 is 26.6. The highest BCUT2D eigenvalue weighted by atomic mass is 35.5. The lowest BCUT2D eigenvalue weighted by Crippen LogP contribution is -2.36. The fourth-order valence-corrected chi connectivity index (χ4v) is 14.2. The van der Waals surface area contributed by atoms with E-state index in [0.29, 0.717) is 112 Å². The van der Waals surface area contributed by atoms with Crippen molar-refractivity contribution in [2.24, 2.45) is 11.8 Å². The summed E-state index contributed by atoms with van der Waals surface area (Å²) in [5.41, 5.74) is -6.41. The monoisotopic (exact) mass is 1340 g/mol. The van der Waals surface area contributed by atoms with Crippen LogP contribution in [0, 0.1) is 11.8 Å². The Morgan fingerprint density at radius 3 is 1.36 bits per heavy atom. The number of carbonyl (C=O) groups is 4. The first kappa shape index (κ1) is 66.2. The number of amides is 2. The van der Waals surface area contributed by atoms with Gasteiger partial charge in [0.1, 0.15) is 11.2 Å². The van der Waals surface area contributed by atoms with Crippen molar-refractivity contribution in [2.45, 2.75) is 140 Å². The lowest BCUT2D eigenvalue weighted by Gasteiger charge is -2.31. The van der Waals surface area contributed by atoms with Crippen molar-refractivity contribution >= 4 is 90.2 Å². The maximum atomic E-state index is 13.5. The van der Waals surface area contributed by atoms with Crippen molar-refractivity contribution in [1.82, 2.24) is 28.2 Å². The van der Waals surface area contributed by atoms with Crippen molar-refractivity contribution in [1.29, 1.82) is 0 Å². The maximum absolute atomic E-state index is 13.5. The van der Waals surface area contributed by atoms with E-state index in [2.05, 4.69) is 10.2 Å². The highest BCUT2D eigenvalue weighted by molar-refractivity contribution is 7.91. The molecule has 4 aliphatic rings. The Morgan fingerprint density at radius 2 is 0.966 bits per heavy atom. The van der Waals surface area contributed by atoms with Gasteiger partial charge in [-0.25, -0.2) is 9.59 Å². The van der Waals surface area contributed by atoms with Crippen molar-refractivity contribution in [3.8, 4) is 22.3 Å². The Hall–Kier alpha value is -6.18. The Kier molecular flexibility index (Phi) is 18.7. The Morgan fingerprint density at radius 1 is 0.568 bits per heavy atom. The fourth-order valence-electron chi connectivity index (χ4n) is 11.4. The second kappa shape index (κ2) is 24.9. The number of rotatable bonds is 12. The molecule has 4 atom stereocenters. The van der Waals surface area contributed by atoms with E-state index in [4.69, 9.17) is 55.9 Å². The second-order valence-electron chi connectivity index (χ2n) is 23.9. The Balaban J connectivity index is 0.000000209. The van der Waals surface area contributed by atoms with Crippen LogP contribution < -0.4 is 0 Å². The van der Waals surface area contributed by atoms with Crippen LogP contribution in [0.5, 0.6) is 0 Å². The van der Waals surface area contributed by atoms with Gasteiger partial charge >= 0.3 is 43.0 Å². The average molecular weight is 1350 g/mol. The first-order chi connectivity index (χ1) is 40.9. The minimum atomic E-state index is -5.68. The molecule has 10 rings (SSSR count). The molecule has 0 radical (unpaired) electrons. The molecule has 2 aliphatic carbocycles. The number of aromatic nitrogens is 4. The molecule has 4 aromatic carbocycles. The molecule has 0 bridgehead atoms. The third kappa shape index (κ3) is 13.9. The highest BCUT2D eigenvalue weighted by Crippen LogP contribution is 2.44. The molecule has 4 heterocycles. The molecule has 2 aliphatic heterocycles. The van der Waals surface area contributed by atoms with Gasteiger partial charge in [0.05, 0.1) is 40.8 Å². The van der Waals surface area contributed by atoms with Crippen molar-refractivity contribution < 1.29 is 71.8 Å². The molecule has 6 aromatic rings. The summed E-state index contributed by atoms with van der Waals surface area (Å²) in [5, 5.41) is 8.76. The first-order valence-corrected chi connectivity index (χ1v) is 32.4. The summed E-state index contributed by atoms with van der Waals surface area (Å²) in [6.07, 6.45) is 5.80. The SMILES string of the molecule is CC(C)(C)OC(=O)c1ccc(-c2cc(Cl)c(C[C@@H]3CCN(C4CCCc5c4cnn5S(=O)(=O)C(F)(F)F)C3=O)c(Cl)c2)cc1.CC(C)(C)OC(=O)c1ccc(-c2cc(Cl)c(C[C@@H]3CCN(C4CCCc5nn(S(=O)(=O)C(F)(F)F)cc54)C3=O)c(Cl)c2)cc1. The largest absolute Gasteiger partial charge is 0.518 e. The van der Waals surface area contributed by atoms with E-state index in [0.717, 1.165) is 34.6 Å². The van der Waals surface area contributed by atoms with Crippen LogP contribution in [0.1, 0.15) is 147 Å². The van der Waals surface area contributed by atoms with Gasteiger partial charge in [0.15, 0.2) is 0 Å². The zero-order valence-electron chi connectivity index (χ0n) is 48.2. The topological polar surface area (TPSA) is 197 Å². The van der Waals surface area contributed by atoms with Gasteiger partial charge in [0, 0.05) is 62.3 Å². The quantitative estimate of drug-likeness (QED) is 0.0831. The normalized spacial score (nSPS) is 19.3. The number of esters is 2. The van der Waals surface area contributed by atoms with Crippen LogP contribution in [-0.2, 0) is 64.8 Å². The summed E-state index contributed by atoms with van der Waals surface area (Å²) in [5.74, 6) is -2.22. The van der Waals surface area contributed by atoms with E-state index in [1.807, 2.05) is 0 Å². The molecule has 88 heavy (non-hydrogen) atoms. The smallest absolute Gasteiger partial charge is 0.456 e. The number of hydrogen-bond acceptors (Lipinski definition) is 12. The van der Waals surface area contributed by atoms with Crippen LogP contribution in [0.2, 0.25) is 20.1 Å². The zero-order chi connectivity index (χ0) is 64.4. The Labute approximate surface area is 524 Å². The predicted octanol–water partition coefficient (Wildman–Crippen LogP) is 14.0. The van der Waals surface area contributed by atoms with E-state index in [9.17, 15) is 62.4 Å². The van der Waals surface area contributed by atoms with E-state index in [-0.39, 0.29) is 50.6 Å². The number of ether oxygens (including phenoxy) is 2. The third-order valence-corrected chi connectivity index (χ3v) is 19.5. The van der Waals surface area contributed by atoms with Crippen LogP contribution in [0.15, 0.2) is 85.2 Å². The second-order valence-corrected chi connectivity index (χ2v) is 29.1. The van der Waals surface area contributed by atoms with Crippen molar-refractivity contribution in [3.63, 3.8) is 0 Å². The number of benzene rings is 4. The highest BCUT2D eigenvalue weighted by Gasteiger charge is 2.51. The lowest BCUT2D eigenvalue weighted by atomic mass is 9.91. The lowest BCUT2D eigenvalue weighted by molar-refractivity contribution is -0.134. The van der Waals surface area contributed by atoms with Crippen LogP contribution in [0.4, 0.5) is 26.3 Å². The minimum absolute atomic E-state index is 0.0276. The van der Waals surface area contributed by atoms with Gasteiger partial charge in [-0.1, -0.05) is 70.7 Å². The number of aryl methyl sites for hydroxylation is 1. The molecular formula is C60H60Cl4F6N6O10S2. The van der Waals surface area contributed by atoms with Crippen LogP contribution >= 0.6 is 46.4 Å². The number of halogens is 10. The summed E-state index contributed by atoms with van der Waals surface area (Å²) < 4.78 is 138. The van der Waals surface area contributed by atoms with Crippen molar-refractivity contribution in [2.75, 3.05) is 13.1 Å². The maximum Gasteiger partial charge on any atom is 0.518 e.